The van der Waals surface area contributed by atoms with Gasteiger partial charge < -0.3 is 19.3 Å². The first kappa shape index (κ1) is 28.4. The van der Waals surface area contributed by atoms with Gasteiger partial charge in [0.05, 0.1) is 12.7 Å². The molecule has 0 amide bonds. The minimum Gasteiger partial charge on any atom is -0.466 e. The van der Waals surface area contributed by atoms with E-state index in [-0.39, 0.29) is 64.6 Å². The summed E-state index contributed by atoms with van der Waals surface area (Å²) in [4.78, 5) is 35.9. The summed E-state index contributed by atoms with van der Waals surface area (Å²) in [5, 5.41) is 11.8. The number of ether oxygens (including phenoxy) is 3. The lowest BCUT2D eigenvalue weighted by Crippen LogP contribution is -2.63. The SMILES string of the molecule is CCOC(=O)CC[C@H](C)[C@@H]1CC[C@@H]2[C@H]3[C@H](OC(C)=O)C[C@H]4C[C@H](OC(C)=O)CC[C@@]4(C)[C@H]3C[C@H](O)[C@@]21C. The molecule has 11 atom stereocenters. The molecule has 4 fully saturated rings. The van der Waals surface area contributed by atoms with Gasteiger partial charge in [-0.2, -0.15) is 0 Å². The van der Waals surface area contributed by atoms with Crippen molar-refractivity contribution in [3.05, 3.63) is 0 Å². The lowest BCUT2D eigenvalue weighted by Gasteiger charge is -2.64. The van der Waals surface area contributed by atoms with Crippen LogP contribution in [-0.2, 0) is 28.6 Å². The van der Waals surface area contributed by atoms with E-state index < -0.39 is 6.10 Å². The van der Waals surface area contributed by atoms with Crippen molar-refractivity contribution in [2.24, 2.45) is 46.3 Å². The summed E-state index contributed by atoms with van der Waals surface area (Å²) in [7, 11) is 0. The summed E-state index contributed by atoms with van der Waals surface area (Å²) >= 11 is 0. The molecular weight excluding hydrogens is 472 g/mol. The van der Waals surface area contributed by atoms with E-state index in [1.54, 1.807) is 0 Å². The number of fused-ring (bicyclic) bond motifs is 5. The Labute approximate surface area is 222 Å². The summed E-state index contributed by atoms with van der Waals surface area (Å²) < 4.78 is 16.8. The minimum absolute atomic E-state index is 0.0217. The van der Waals surface area contributed by atoms with Gasteiger partial charge in [-0.05, 0) is 98.7 Å². The molecule has 4 aliphatic carbocycles. The van der Waals surface area contributed by atoms with E-state index in [0.29, 0.717) is 31.3 Å². The topological polar surface area (TPSA) is 99.1 Å². The molecule has 4 rings (SSSR count). The monoisotopic (exact) mass is 520 g/mol. The molecule has 1 N–H and O–H groups in total. The first-order valence-corrected chi connectivity index (χ1v) is 14.6. The first-order chi connectivity index (χ1) is 17.4. The fraction of sp³-hybridized carbons (Fsp3) is 0.900. The van der Waals surface area contributed by atoms with Crippen LogP contribution in [0.15, 0.2) is 0 Å². The second kappa shape index (κ2) is 10.9. The molecule has 0 aromatic rings. The highest BCUT2D eigenvalue weighted by Gasteiger charge is 2.66. The van der Waals surface area contributed by atoms with E-state index in [4.69, 9.17) is 14.2 Å². The predicted molar refractivity (Wildman–Crippen MR) is 138 cm³/mol. The summed E-state index contributed by atoms with van der Waals surface area (Å²) in [5.41, 5.74) is -0.250. The van der Waals surface area contributed by atoms with E-state index in [9.17, 15) is 19.5 Å². The van der Waals surface area contributed by atoms with Crippen LogP contribution >= 0.6 is 0 Å². The van der Waals surface area contributed by atoms with Gasteiger partial charge in [-0.1, -0.05) is 20.8 Å². The lowest BCUT2D eigenvalue weighted by molar-refractivity contribution is -0.218. The number of hydrogen-bond acceptors (Lipinski definition) is 7. The molecule has 0 unspecified atom stereocenters. The number of aliphatic hydroxyl groups excluding tert-OH is 1. The normalized spacial score (nSPS) is 43.5. The van der Waals surface area contributed by atoms with E-state index in [1.807, 2.05) is 6.92 Å². The van der Waals surface area contributed by atoms with Crippen LogP contribution in [0.5, 0.6) is 0 Å². The number of rotatable bonds is 7. The van der Waals surface area contributed by atoms with Crippen molar-refractivity contribution >= 4 is 17.9 Å². The van der Waals surface area contributed by atoms with Gasteiger partial charge in [0.25, 0.3) is 0 Å². The molecule has 7 heteroatoms. The standard InChI is InChI=1S/C30H48O7/c1-7-35-27(34)11-8-17(2)22-9-10-23-28-24(16-26(33)30(22,23)6)29(5)13-12-21(36-18(3)31)14-20(29)15-25(28)37-19(4)32/h17,20-26,28,33H,7-16H2,1-6H3/t17-,20+,21+,22-,23+,24-,25+,26-,28+,29+,30+/m0/s1. The fourth-order valence-corrected chi connectivity index (χ4v) is 9.55. The molecule has 0 aliphatic heterocycles. The third-order valence-corrected chi connectivity index (χ3v) is 11.2. The highest BCUT2D eigenvalue weighted by Crippen LogP contribution is 2.68. The van der Waals surface area contributed by atoms with Crippen molar-refractivity contribution in [1.29, 1.82) is 0 Å². The van der Waals surface area contributed by atoms with Crippen molar-refractivity contribution in [3.63, 3.8) is 0 Å². The number of esters is 3. The molecule has 0 saturated heterocycles. The third kappa shape index (κ3) is 5.18. The average Bonchev–Trinajstić information content (AvgIpc) is 3.17. The van der Waals surface area contributed by atoms with E-state index in [1.165, 1.54) is 13.8 Å². The van der Waals surface area contributed by atoms with Crippen LogP contribution in [-0.4, -0.2) is 47.9 Å². The fourth-order valence-electron chi connectivity index (χ4n) is 9.55. The van der Waals surface area contributed by atoms with Crippen LogP contribution in [0.2, 0.25) is 0 Å². The number of aliphatic hydroxyl groups is 1. The second-order valence-electron chi connectivity index (χ2n) is 13.0. The minimum atomic E-state index is -0.434. The van der Waals surface area contributed by atoms with Gasteiger partial charge in [-0.25, -0.2) is 0 Å². The Kier molecular flexibility index (Phi) is 8.33. The highest BCUT2D eigenvalue weighted by molar-refractivity contribution is 5.69. The van der Waals surface area contributed by atoms with E-state index in [0.717, 1.165) is 44.9 Å². The maximum Gasteiger partial charge on any atom is 0.305 e. The van der Waals surface area contributed by atoms with Crippen molar-refractivity contribution in [2.75, 3.05) is 6.61 Å². The zero-order valence-corrected chi connectivity index (χ0v) is 23.7. The molecule has 37 heavy (non-hydrogen) atoms. The Morgan fingerprint density at radius 2 is 1.68 bits per heavy atom. The molecule has 7 nitrogen and oxygen atoms in total. The van der Waals surface area contributed by atoms with Crippen molar-refractivity contribution < 1.29 is 33.7 Å². The van der Waals surface area contributed by atoms with Gasteiger partial charge in [0.15, 0.2) is 0 Å². The molecule has 4 saturated carbocycles. The zero-order valence-electron chi connectivity index (χ0n) is 23.7. The molecule has 210 valence electrons. The van der Waals surface area contributed by atoms with E-state index >= 15 is 0 Å². The van der Waals surface area contributed by atoms with Crippen LogP contribution in [0.4, 0.5) is 0 Å². The molecule has 0 spiro atoms. The van der Waals surface area contributed by atoms with Crippen LogP contribution < -0.4 is 0 Å². The largest absolute Gasteiger partial charge is 0.466 e. The average molecular weight is 521 g/mol. The molecule has 0 heterocycles. The Hall–Kier alpha value is -1.63. The summed E-state index contributed by atoms with van der Waals surface area (Å²) in [6.45, 7) is 12.0. The quantitative estimate of drug-likeness (QED) is 0.370. The Balaban J connectivity index is 1.59. The lowest BCUT2D eigenvalue weighted by atomic mass is 9.43. The molecular formula is C30H48O7. The van der Waals surface area contributed by atoms with Crippen molar-refractivity contribution in [3.8, 4) is 0 Å². The Bertz CT molecular complexity index is 872. The summed E-state index contributed by atoms with van der Waals surface area (Å²) in [6, 6.07) is 0. The zero-order chi connectivity index (χ0) is 27.1. The smallest absolute Gasteiger partial charge is 0.305 e. The van der Waals surface area contributed by atoms with Crippen LogP contribution in [0.1, 0.15) is 99.3 Å². The van der Waals surface area contributed by atoms with Crippen molar-refractivity contribution in [1.82, 2.24) is 0 Å². The molecule has 0 aromatic carbocycles. The maximum absolute atomic E-state index is 12.3. The Morgan fingerprint density at radius 3 is 2.32 bits per heavy atom. The number of carbonyl (C=O) groups is 3. The van der Waals surface area contributed by atoms with Gasteiger partial charge in [0, 0.05) is 26.2 Å². The Morgan fingerprint density at radius 1 is 0.973 bits per heavy atom. The molecule has 4 aliphatic rings. The summed E-state index contributed by atoms with van der Waals surface area (Å²) in [5.74, 6) is 1.00. The van der Waals surface area contributed by atoms with Crippen LogP contribution in [0.3, 0.4) is 0 Å². The van der Waals surface area contributed by atoms with Crippen LogP contribution in [0, 0.1) is 46.3 Å². The van der Waals surface area contributed by atoms with Crippen molar-refractivity contribution in [2.45, 2.75) is 118 Å². The maximum atomic E-state index is 12.3. The summed E-state index contributed by atoms with van der Waals surface area (Å²) in [6.07, 6.45) is 6.61. The predicted octanol–water partition coefficient (Wildman–Crippen LogP) is 5.07. The second-order valence-corrected chi connectivity index (χ2v) is 13.0. The van der Waals surface area contributed by atoms with Gasteiger partial charge in [-0.15, -0.1) is 0 Å². The first-order valence-electron chi connectivity index (χ1n) is 14.6. The van der Waals surface area contributed by atoms with Gasteiger partial charge in [-0.3, -0.25) is 14.4 Å². The number of hydrogen-bond donors (Lipinski definition) is 1. The highest BCUT2D eigenvalue weighted by atomic mass is 16.5. The number of carbonyl (C=O) groups excluding carboxylic acids is 3. The van der Waals surface area contributed by atoms with E-state index in [2.05, 4.69) is 20.8 Å². The molecule has 0 radical (unpaired) electrons. The molecule has 0 bridgehead atoms. The van der Waals surface area contributed by atoms with Gasteiger partial charge in [0.2, 0.25) is 0 Å². The third-order valence-electron chi connectivity index (χ3n) is 11.2. The van der Waals surface area contributed by atoms with Crippen LogP contribution in [0.25, 0.3) is 0 Å². The van der Waals surface area contributed by atoms with Gasteiger partial charge in [0.1, 0.15) is 12.2 Å². The van der Waals surface area contributed by atoms with Gasteiger partial charge >= 0.3 is 17.9 Å². The molecule has 0 aromatic heterocycles.